The van der Waals surface area contributed by atoms with Crippen molar-refractivity contribution in [3.8, 4) is 0 Å². The van der Waals surface area contributed by atoms with Crippen LogP contribution in [0.1, 0.15) is 26.0 Å². The van der Waals surface area contributed by atoms with Gasteiger partial charge in [-0.05, 0) is 12.0 Å². The number of nitrogens with one attached hydrogen (secondary N) is 2. The highest BCUT2D eigenvalue weighted by molar-refractivity contribution is 6.37. The van der Waals surface area contributed by atoms with Crippen LogP contribution < -0.4 is 10.6 Å². The first-order chi connectivity index (χ1) is 15.3. The first-order valence-electron chi connectivity index (χ1n) is 10.7. The summed E-state index contributed by atoms with van der Waals surface area (Å²) >= 11 is 0. The fourth-order valence-electron chi connectivity index (χ4n) is 3.39. The number of carbonyl (C=O) groups is 4. The Kier molecular flexibility index (Phi) is 10.3. The summed E-state index contributed by atoms with van der Waals surface area (Å²) in [6.45, 7) is 5.34. The number of Topliss-reactive ketones (excluding diaryl/α,β-unsaturated/α-hetero) is 2. The number of hydrogen-bond acceptors (Lipinski definition) is 8. The molecule has 0 bridgehead atoms. The minimum atomic E-state index is -0.856. The Morgan fingerprint density at radius 1 is 1.25 bits per heavy atom. The van der Waals surface area contributed by atoms with Crippen LogP contribution >= 0.6 is 0 Å². The minimum absolute atomic E-state index is 0.0276. The van der Waals surface area contributed by atoms with E-state index in [4.69, 9.17) is 14.2 Å². The summed E-state index contributed by atoms with van der Waals surface area (Å²) in [4.78, 5) is 50.0. The van der Waals surface area contributed by atoms with Crippen LogP contribution in [0.25, 0.3) is 0 Å². The lowest BCUT2D eigenvalue weighted by Crippen LogP contribution is -2.46. The van der Waals surface area contributed by atoms with Crippen LogP contribution in [-0.2, 0) is 41.6 Å². The zero-order chi connectivity index (χ0) is 23.5. The molecule has 0 saturated heterocycles. The lowest BCUT2D eigenvalue weighted by molar-refractivity contribution is -0.141. The molecule has 2 atom stereocenters. The van der Waals surface area contributed by atoms with Gasteiger partial charge < -0.3 is 24.8 Å². The van der Waals surface area contributed by atoms with E-state index in [1.807, 2.05) is 0 Å². The van der Waals surface area contributed by atoms with Crippen molar-refractivity contribution in [2.45, 2.75) is 39.3 Å². The molecule has 2 rings (SSSR count). The zero-order valence-electron chi connectivity index (χ0n) is 18.8. The van der Waals surface area contributed by atoms with Gasteiger partial charge in [0.15, 0.2) is 5.78 Å². The molecule has 178 valence electrons. The van der Waals surface area contributed by atoms with Crippen molar-refractivity contribution in [3.63, 3.8) is 0 Å². The van der Waals surface area contributed by atoms with E-state index in [9.17, 15) is 19.2 Å². The SMILES string of the molecule is COCCOCCOC(=O)NC(C(=O)CC1Cc2ccnn2CCNC(=O)C1=O)C(C)C. The van der Waals surface area contributed by atoms with Gasteiger partial charge in [-0.2, -0.15) is 5.10 Å². The molecule has 0 aliphatic carbocycles. The summed E-state index contributed by atoms with van der Waals surface area (Å²) in [7, 11) is 1.56. The average molecular weight is 453 g/mol. The van der Waals surface area contributed by atoms with Crippen molar-refractivity contribution in [2.24, 2.45) is 11.8 Å². The van der Waals surface area contributed by atoms with Gasteiger partial charge in [0.25, 0.3) is 5.91 Å². The standard InChI is InChI=1S/C21H32N4O7/c1-14(2)18(24-21(29)32-11-10-31-9-8-30-3)17(26)13-15-12-16-4-5-23-25(16)7-6-22-20(28)19(15)27/h4-5,14-15,18H,6-13H2,1-3H3,(H,22,28)(H,24,29). The molecule has 2 heterocycles. The van der Waals surface area contributed by atoms with Gasteiger partial charge in [0.2, 0.25) is 5.78 Å². The number of ketones is 2. The van der Waals surface area contributed by atoms with Gasteiger partial charge in [0.1, 0.15) is 6.61 Å². The highest BCUT2D eigenvalue weighted by Crippen LogP contribution is 2.18. The number of nitrogens with zero attached hydrogens (tertiary/aromatic N) is 2. The van der Waals surface area contributed by atoms with E-state index >= 15 is 0 Å². The van der Waals surface area contributed by atoms with Gasteiger partial charge in [-0.1, -0.05) is 13.8 Å². The van der Waals surface area contributed by atoms with Crippen LogP contribution in [0.15, 0.2) is 12.3 Å². The highest BCUT2D eigenvalue weighted by atomic mass is 16.6. The van der Waals surface area contributed by atoms with Crippen molar-refractivity contribution in [3.05, 3.63) is 18.0 Å². The monoisotopic (exact) mass is 452 g/mol. The number of fused-ring (bicyclic) bond motifs is 1. The van der Waals surface area contributed by atoms with Crippen molar-refractivity contribution >= 4 is 23.6 Å². The largest absolute Gasteiger partial charge is 0.447 e. The van der Waals surface area contributed by atoms with Crippen LogP contribution in [0.5, 0.6) is 0 Å². The molecule has 1 aliphatic heterocycles. The minimum Gasteiger partial charge on any atom is -0.447 e. The Balaban J connectivity index is 1.97. The molecule has 0 aromatic carbocycles. The maximum Gasteiger partial charge on any atom is 0.407 e. The molecule has 1 aliphatic rings. The fraction of sp³-hybridized carbons (Fsp3) is 0.667. The molecule has 2 unspecified atom stereocenters. The molecular formula is C21H32N4O7. The molecule has 2 N–H and O–H groups in total. The van der Waals surface area contributed by atoms with E-state index in [1.54, 1.807) is 37.9 Å². The third-order valence-electron chi connectivity index (χ3n) is 5.09. The topological polar surface area (TPSA) is 138 Å². The summed E-state index contributed by atoms with van der Waals surface area (Å²) in [5, 5.41) is 9.33. The maximum absolute atomic E-state index is 13.0. The second kappa shape index (κ2) is 12.9. The third-order valence-corrected chi connectivity index (χ3v) is 5.09. The van der Waals surface area contributed by atoms with E-state index in [1.165, 1.54) is 0 Å². The predicted molar refractivity (Wildman–Crippen MR) is 113 cm³/mol. The smallest absolute Gasteiger partial charge is 0.407 e. The van der Waals surface area contributed by atoms with Crippen LogP contribution in [0.3, 0.4) is 0 Å². The van der Waals surface area contributed by atoms with E-state index in [-0.39, 0.29) is 44.3 Å². The third kappa shape index (κ3) is 7.72. The molecule has 0 spiro atoms. The average Bonchev–Trinajstić information content (AvgIpc) is 3.20. The summed E-state index contributed by atoms with van der Waals surface area (Å²) in [6.07, 6.45) is 0.909. The number of alkyl carbamates (subject to hydrolysis) is 1. The quantitative estimate of drug-likeness (QED) is 0.357. The lowest BCUT2D eigenvalue weighted by atomic mass is 9.87. The van der Waals surface area contributed by atoms with Crippen LogP contribution in [-0.4, -0.2) is 79.5 Å². The number of aromatic nitrogens is 2. The summed E-state index contributed by atoms with van der Waals surface area (Å²) in [5.41, 5.74) is 0.773. The highest BCUT2D eigenvalue weighted by Gasteiger charge is 2.33. The van der Waals surface area contributed by atoms with Crippen LogP contribution in [0.2, 0.25) is 0 Å². The second-order valence-electron chi connectivity index (χ2n) is 7.84. The molecule has 11 nitrogen and oxygen atoms in total. The zero-order valence-corrected chi connectivity index (χ0v) is 18.8. The molecule has 1 aromatic rings. The summed E-state index contributed by atoms with van der Waals surface area (Å²) < 4.78 is 16.8. The van der Waals surface area contributed by atoms with E-state index < -0.39 is 29.7 Å². The van der Waals surface area contributed by atoms with Crippen LogP contribution in [0, 0.1) is 11.8 Å². The van der Waals surface area contributed by atoms with E-state index in [0.29, 0.717) is 19.8 Å². The van der Waals surface area contributed by atoms with Gasteiger partial charge >= 0.3 is 6.09 Å². The fourth-order valence-corrected chi connectivity index (χ4v) is 3.39. The normalized spacial score (nSPS) is 17.6. The number of rotatable bonds is 11. The Morgan fingerprint density at radius 3 is 2.72 bits per heavy atom. The van der Waals surface area contributed by atoms with Gasteiger partial charge in [0, 0.05) is 44.3 Å². The second-order valence-corrected chi connectivity index (χ2v) is 7.84. The van der Waals surface area contributed by atoms with Crippen molar-refractivity contribution < 1.29 is 33.4 Å². The van der Waals surface area contributed by atoms with Gasteiger partial charge in [-0.25, -0.2) is 4.79 Å². The summed E-state index contributed by atoms with van der Waals surface area (Å²) in [6, 6.07) is 0.912. The molecule has 2 amide bonds. The van der Waals surface area contributed by atoms with Gasteiger partial charge in [0.05, 0.1) is 32.4 Å². The molecule has 1 aromatic heterocycles. The predicted octanol–water partition coefficient (Wildman–Crippen LogP) is 0.114. The lowest BCUT2D eigenvalue weighted by Gasteiger charge is -2.23. The van der Waals surface area contributed by atoms with E-state index in [2.05, 4.69) is 15.7 Å². The Bertz CT molecular complexity index is 793. The summed E-state index contributed by atoms with van der Waals surface area (Å²) in [5.74, 6) is -2.78. The molecule has 11 heteroatoms. The number of carbonyl (C=O) groups excluding carboxylic acids is 4. The maximum atomic E-state index is 13.0. The Morgan fingerprint density at radius 2 is 2.00 bits per heavy atom. The van der Waals surface area contributed by atoms with Crippen molar-refractivity contribution in [1.82, 2.24) is 20.4 Å². The van der Waals surface area contributed by atoms with Gasteiger partial charge in [-0.3, -0.25) is 19.1 Å². The number of amides is 2. The Labute approximate surface area is 187 Å². The first-order valence-corrected chi connectivity index (χ1v) is 10.7. The molecular weight excluding hydrogens is 420 g/mol. The first kappa shape index (κ1) is 25.5. The molecule has 0 fully saturated rings. The van der Waals surface area contributed by atoms with E-state index in [0.717, 1.165) is 5.69 Å². The molecule has 0 radical (unpaired) electrons. The molecule has 0 saturated carbocycles. The molecule has 32 heavy (non-hydrogen) atoms. The Hall–Kier alpha value is -2.79. The number of methoxy groups -OCH3 is 1. The number of hydrogen-bond donors (Lipinski definition) is 2. The van der Waals surface area contributed by atoms with Crippen molar-refractivity contribution in [1.29, 1.82) is 0 Å². The number of ether oxygens (including phenoxy) is 3. The van der Waals surface area contributed by atoms with Crippen LogP contribution in [0.4, 0.5) is 4.79 Å². The van der Waals surface area contributed by atoms with Gasteiger partial charge in [-0.15, -0.1) is 0 Å². The van der Waals surface area contributed by atoms with Crippen molar-refractivity contribution in [2.75, 3.05) is 40.1 Å².